The van der Waals surface area contributed by atoms with Gasteiger partial charge in [-0.25, -0.2) is 0 Å². The van der Waals surface area contributed by atoms with Gasteiger partial charge in [-0.2, -0.15) is 0 Å². The largest absolute Gasteiger partial charge is 0.393 e. The Bertz CT molecular complexity index is 158. The molecule has 5 heteroatoms. The molecule has 3 N–H and O–H groups in total. The van der Waals surface area contributed by atoms with E-state index in [4.69, 9.17) is 4.43 Å². The smallest absolute Gasteiger partial charge is 0.335 e. The molecule has 104 valence electrons. The highest BCUT2D eigenvalue weighted by molar-refractivity contribution is 6.46. The average Bonchev–Trinajstić information content (AvgIpc) is 2.21. The predicted octanol–water partition coefficient (Wildman–Crippen LogP) is 1.11. The van der Waals surface area contributed by atoms with E-state index in [1.807, 2.05) is 0 Å². The van der Waals surface area contributed by atoms with Gasteiger partial charge in [-0.15, -0.1) is 0 Å². The van der Waals surface area contributed by atoms with E-state index in [1.54, 1.807) is 0 Å². The van der Waals surface area contributed by atoms with E-state index in [2.05, 4.69) is 49.9 Å². The zero-order valence-corrected chi connectivity index (χ0v) is 13.3. The summed E-state index contributed by atoms with van der Waals surface area (Å²) in [6.07, 6.45) is 2.49. The molecular weight excluding hydrogens is 230 g/mol. The maximum absolute atomic E-state index is 5.90. The lowest BCUT2D eigenvalue weighted by molar-refractivity contribution is 0.293. The summed E-state index contributed by atoms with van der Waals surface area (Å²) in [6, 6.07) is 0.955. The molecule has 0 saturated carbocycles. The summed E-state index contributed by atoms with van der Waals surface area (Å²) in [5.74, 6) is 0. The maximum atomic E-state index is 5.90. The van der Waals surface area contributed by atoms with Gasteiger partial charge < -0.3 is 19.7 Å². The first-order chi connectivity index (χ1) is 8.06. The molecule has 4 nitrogen and oxygen atoms in total. The van der Waals surface area contributed by atoms with E-state index in [9.17, 15) is 0 Å². The van der Waals surface area contributed by atoms with E-state index < -0.39 is 9.36 Å². The van der Waals surface area contributed by atoms with Crippen LogP contribution in [-0.2, 0) is 4.43 Å². The van der Waals surface area contributed by atoms with Gasteiger partial charge in [-0.05, 0) is 25.0 Å². The quantitative estimate of drug-likeness (QED) is 0.385. The summed E-state index contributed by atoms with van der Waals surface area (Å²) >= 11 is 0. The van der Waals surface area contributed by atoms with Crippen LogP contribution in [-0.4, -0.2) is 41.1 Å². The van der Waals surface area contributed by atoms with Crippen molar-refractivity contribution in [2.75, 3.05) is 19.7 Å². The van der Waals surface area contributed by atoms with E-state index in [1.165, 1.54) is 12.8 Å². The van der Waals surface area contributed by atoms with Crippen molar-refractivity contribution in [3.05, 3.63) is 0 Å². The summed E-state index contributed by atoms with van der Waals surface area (Å²) < 4.78 is 5.90. The van der Waals surface area contributed by atoms with Crippen LogP contribution in [0.3, 0.4) is 0 Å². The topological polar surface area (TPSA) is 45.3 Å². The summed E-state index contributed by atoms with van der Waals surface area (Å²) in [6.45, 7) is 13.7. The fourth-order valence-corrected chi connectivity index (χ4v) is 3.28. The number of nitrogens with one attached hydrogen (secondary N) is 3. The highest BCUT2D eigenvalue weighted by Crippen LogP contribution is 1.87. The Morgan fingerprint density at radius 1 is 1.00 bits per heavy atom. The molecule has 0 bridgehead atoms. The molecule has 0 spiro atoms. The van der Waals surface area contributed by atoms with Crippen LogP contribution in [0.5, 0.6) is 0 Å². The van der Waals surface area contributed by atoms with E-state index in [0.29, 0.717) is 12.1 Å². The molecule has 0 rings (SSSR count). The van der Waals surface area contributed by atoms with Crippen LogP contribution in [0.4, 0.5) is 0 Å². The van der Waals surface area contributed by atoms with Crippen LogP contribution in [0.1, 0.15) is 47.5 Å². The first-order valence-corrected chi connectivity index (χ1v) is 8.53. The van der Waals surface area contributed by atoms with Gasteiger partial charge >= 0.3 is 9.36 Å². The van der Waals surface area contributed by atoms with Gasteiger partial charge in [0, 0.05) is 13.2 Å². The molecule has 0 radical (unpaired) electrons. The fraction of sp³-hybridized carbons (Fsp3) is 1.00. The van der Waals surface area contributed by atoms with Gasteiger partial charge in [-0.1, -0.05) is 41.0 Å². The molecule has 0 unspecified atom stereocenters. The first kappa shape index (κ1) is 17.1. The summed E-state index contributed by atoms with van der Waals surface area (Å²) in [4.78, 5) is 6.98. The number of rotatable bonds is 11. The molecule has 0 heterocycles. The van der Waals surface area contributed by atoms with Crippen LogP contribution in [0.15, 0.2) is 0 Å². The second-order valence-electron chi connectivity index (χ2n) is 5.00. The lowest BCUT2D eigenvalue weighted by Gasteiger charge is -2.22. The van der Waals surface area contributed by atoms with Crippen LogP contribution in [0.2, 0.25) is 0 Å². The van der Waals surface area contributed by atoms with Gasteiger partial charge in [0.15, 0.2) is 0 Å². The molecule has 17 heavy (non-hydrogen) atoms. The summed E-state index contributed by atoms with van der Waals surface area (Å²) in [5, 5.41) is 3.39. The minimum absolute atomic E-state index is 0.478. The number of hydrogen-bond donors (Lipinski definition) is 3. The van der Waals surface area contributed by atoms with Gasteiger partial charge in [-0.3, -0.25) is 0 Å². The number of hydrogen-bond acceptors (Lipinski definition) is 4. The van der Waals surface area contributed by atoms with E-state index in [-0.39, 0.29) is 0 Å². The molecule has 0 aliphatic carbocycles. The second kappa shape index (κ2) is 11.2. The molecule has 0 aliphatic rings. The van der Waals surface area contributed by atoms with E-state index >= 15 is 0 Å². The SMILES string of the molecule is CCCCNCCO[SiH](NC(C)C)NC(C)C. The van der Waals surface area contributed by atoms with Crippen molar-refractivity contribution in [2.24, 2.45) is 0 Å². The van der Waals surface area contributed by atoms with Crippen molar-refractivity contribution < 1.29 is 4.43 Å². The third-order valence-corrected chi connectivity index (χ3v) is 4.75. The highest BCUT2D eigenvalue weighted by Gasteiger charge is 2.14. The van der Waals surface area contributed by atoms with E-state index in [0.717, 1.165) is 19.7 Å². The minimum Gasteiger partial charge on any atom is -0.393 e. The summed E-state index contributed by atoms with van der Waals surface area (Å²) in [5.41, 5.74) is 0. The molecular formula is C12H31N3OSi. The normalized spacial score (nSPS) is 12.0. The molecule has 0 aromatic rings. The van der Waals surface area contributed by atoms with Crippen molar-refractivity contribution >= 4 is 9.36 Å². The third kappa shape index (κ3) is 12.3. The van der Waals surface area contributed by atoms with Crippen molar-refractivity contribution in [3.8, 4) is 0 Å². The fourth-order valence-electron chi connectivity index (χ4n) is 1.43. The maximum Gasteiger partial charge on any atom is 0.335 e. The monoisotopic (exact) mass is 261 g/mol. The Hall–Kier alpha value is 0.0569. The van der Waals surface area contributed by atoms with Crippen molar-refractivity contribution in [1.82, 2.24) is 15.3 Å². The molecule has 0 aliphatic heterocycles. The Balaban J connectivity index is 3.60. The van der Waals surface area contributed by atoms with Crippen molar-refractivity contribution in [1.29, 1.82) is 0 Å². The molecule has 0 saturated heterocycles. The Morgan fingerprint density at radius 2 is 1.59 bits per heavy atom. The molecule has 0 atom stereocenters. The van der Waals surface area contributed by atoms with Gasteiger partial charge in [0.2, 0.25) is 0 Å². The van der Waals surface area contributed by atoms with Gasteiger partial charge in [0.1, 0.15) is 0 Å². The zero-order valence-electron chi connectivity index (χ0n) is 12.2. The van der Waals surface area contributed by atoms with Gasteiger partial charge in [0.05, 0.1) is 0 Å². The molecule has 0 amide bonds. The van der Waals surface area contributed by atoms with Crippen LogP contribution >= 0.6 is 0 Å². The second-order valence-corrected chi connectivity index (χ2v) is 6.76. The van der Waals surface area contributed by atoms with Crippen LogP contribution in [0, 0.1) is 0 Å². The Kier molecular flexibility index (Phi) is 11.2. The lowest BCUT2D eigenvalue weighted by Crippen LogP contribution is -2.55. The van der Waals surface area contributed by atoms with Crippen LogP contribution in [0.25, 0.3) is 0 Å². The first-order valence-electron chi connectivity index (χ1n) is 6.90. The third-order valence-electron chi connectivity index (χ3n) is 2.24. The molecule has 0 aromatic carbocycles. The predicted molar refractivity (Wildman–Crippen MR) is 77.4 cm³/mol. The van der Waals surface area contributed by atoms with Crippen LogP contribution < -0.4 is 15.3 Å². The Morgan fingerprint density at radius 3 is 2.06 bits per heavy atom. The number of unbranched alkanes of at least 4 members (excludes halogenated alkanes) is 1. The zero-order chi connectivity index (χ0) is 13.1. The van der Waals surface area contributed by atoms with Crippen molar-refractivity contribution in [3.63, 3.8) is 0 Å². The summed E-state index contributed by atoms with van der Waals surface area (Å²) in [7, 11) is -1.45. The molecule has 0 fully saturated rings. The van der Waals surface area contributed by atoms with Gasteiger partial charge in [0.25, 0.3) is 0 Å². The standard InChI is InChI=1S/C12H31N3OSi/c1-6-7-8-13-9-10-16-17(14-11(2)3)15-12(4)5/h11-15,17H,6-10H2,1-5H3. The minimum atomic E-state index is -1.45. The lowest BCUT2D eigenvalue weighted by atomic mass is 10.3. The molecule has 0 aromatic heterocycles. The highest BCUT2D eigenvalue weighted by atomic mass is 28.3. The average molecular weight is 261 g/mol. The Labute approximate surface area is 109 Å². The van der Waals surface area contributed by atoms with Crippen molar-refractivity contribution in [2.45, 2.75) is 59.5 Å².